The number of hydrogen-bond acceptors (Lipinski definition) is 5. The van der Waals surface area contributed by atoms with Crippen LogP contribution < -0.4 is 4.83 Å². The highest BCUT2D eigenvalue weighted by Gasteiger charge is 2.32. The summed E-state index contributed by atoms with van der Waals surface area (Å²) in [7, 11) is -3.81. The average Bonchev–Trinajstić information content (AvgIpc) is 3.40. The SMILES string of the molecule is O=S(=O)(/C=C/c1nn(-c2ccc(F)cc2F)c2c1CCC2Cc1cccc(F)c1)NN1CCOCC1. The Morgan fingerprint density at radius 2 is 1.86 bits per heavy atom. The summed E-state index contributed by atoms with van der Waals surface area (Å²) in [6.07, 6.45) is 3.18. The van der Waals surface area contributed by atoms with Crippen LogP contribution in [0.4, 0.5) is 13.2 Å². The minimum Gasteiger partial charge on any atom is -0.379 e. The predicted octanol–water partition coefficient (Wildman–Crippen LogP) is 3.70. The van der Waals surface area contributed by atoms with Crippen LogP contribution in [0.1, 0.15) is 34.9 Å². The average molecular weight is 519 g/mol. The lowest BCUT2D eigenvalue weighted by Crippen LogP contribution is -2.47. The lowest BCUT2D eigenvalue weighted by molar-refractivity contribution is 0.0274. The zero-order valence-electron chi connectivity index (χ0n) is 19.3. The molecule has 1 aliphatic heterocycles. The molecule has 1 aliphatic carbocycles. The number of nitrogens with zero attached hydrogens (tertiary/aromatic N) is 3. The van der Waals surface area contributed by atoms with Crippen LogP contribution in [0.2, 0.25) is 0 Å². The fourth-order valence-corrected chi connectivity index (χ4v) is 5.66. The molecule has 1 N–H and O–H groups in total. The highest BCUT2D eigenvalue weighted by Crippen LogP contribution is 2.39. The van der Waals surface area contributed by atoms with Crippen LogP contribution in [0.25, 0.3) is 11.8 Å². The third-order valence-corrected chi connectivity index (χ3v) is 7.37. The Morgan fingerprint density at radius 3 is 2.61 bits per heavy atom. The lowest BCUT2D eigenvalue weighted by Gasteiger charge is -2.25. The maximum Gasteiger partial charge on any atom is 0.246 e. The van der Waals surface area contributed by atoms with Gasteiger partial charge in [-0.05, 0) is 55.2 Å². The van der Waals surface area contributed by atoms with Crippen molar-refractivity contribution < 1.29 is 26.3 Å². The van der Waals surface area contributed by atoms with E-state index in [1.807, 2.05) is 6.07 Å². The summed E-state index contributed by atoms with van der Waals surface area (Å²) < 4.78 is 74.0. The van der Waals surface area contributed by atoms with Gasteiger partial charge in [-0.1, -0.05) is 12.1 Å². The number of halogens is 3. The molecule has 1 fully saturated rings. The molecule has 1 aromatic heterocycles. The van der Waals surface area contributed by atoms with Crippen LogP contribution >= 0.6 is 0 Å². The number of fused-ring (bicyclic) bond motifs is 1. The van der Waals surface area contributed by atoms with Crippen molar-refractivity contribution in [1.82, 2.24) is 19.6 Å². The fourth-order valence-electron chi connectivity index (χ4n) is 4.75. The second-order valence-corrected chi connectivity index (χ2v) is 10.4. The summed E-state index contributed by atoms with van der Waals surface area (Å²) in [5.41, 5.74) is 2.74. The summed E-state index contributed by atoms with van der Waals surface area (Å²) in [6.45, 7) is 1.73. The van der Waals surface area contributed by atoms with Crippen LogP contribution in [0, 0.1) is 17.5 Å². The van der Waals surface area contributed by atoms with E-state index in [1.54, 1.807) is 11.1 Å². The van der Waals surface area contributed by atoms with Gasteiger partial charge in [0.1, 0.15) is 17.3 Å². The highest BCUT2D eigenvalue weighted by atomic mass is 32.2. The van der Waals surface area contributed by atoms with Crippen molar-refractivity contribution in [1.29, 1.82) is 0 Å². The summed E-state index contributed by atoms with van der Waals surface area (Å²) in [5, 5.41) is 7.12. The van der Waals surface area contributed by atoms with Gasteiger partial charge in [0.05, 0.1) is 24.6 Å². The van der Waals surface area contributed by atoms with Crippen LogP contribution in [0.5, 0.6) is 0 Å². The second kappa shape index (κ2) is 10.2. The fraction of sp³-hybridized carbons (Fsp3) is 0.320. The van der Waals surface area contributed by atoms with E-state index >= 15 is 0 Å². The number of ether oxygens (including phenoxy) is 1. The molecule has 1 saturated heterocycles. The number of hydrogen-bond donors (Lipinski definition) is 1. The molecule has 2 aliphatic rings. The van der Waals surface area contributed by atoms with Crippen molar-refractivity contribution in [3.8, 4) is 5.69 Å². The predicted molar refractivity (Wildman–Crippen MR) is 128 cm³/mol. The van der Waals surface area contributed by atoms with E-state index in [1.165, 1.54) is 29.0 Å². The number of sulfonamides is 1. The summed E-state index contributed by atoms with van der Waals surface area (Å²) >= 11 is 0. The monoisotopic (exact) mass is 518 g/mol. The van der Waals surface area contributed by atoms with Gasteiger partial charge in [-0.3, -0.25) is 0 Å². The highest BCUT2D eigenvalue weighted by molar-refractivity contribution is 7.92. The van der Waals surface area contributed by atoms with Crippen molar-refractivity contribution in [2.24, 2.45) is 0 Å². The largest absolute Gasteiger partial charge is 0.379 e. The first-order chi connectivity index (χ1) is 17.3. The third kappa shape index (κ3) is 5.39. The molecular weight excluding hydrogens is 493 g/mol. The number of benzene rings is 2. The van der Waals surface area contributed by atoms with Gasteiger partial charge in [-0.2, -0.15) is 5.10 Å². The van der Waals surface area contributed by atoms with E-state index in [0.29, 0.717) is 57.0 Å². The van der Waals surface area contributed by atoms with Gasteiger partial charge in [0.25, 0.3) is 0 Å². The standard InChI is InChI=1S/C25H25F3N4O3S/c26-19-3-1-2-17(15-19)14-18-4-6-21-23(8-13-36(33,34)30-31-9-11-35-12-10-31)29-32(25(18)21)24-7-5-20(27)16-22(24)28/h1-3,5,7-8,13,15-16,18,30H,4,6,9-12,14H2/b13-8+. The number of nitrogens with one attached hydrogen (secondary N) is 1. The Kier molecular flexibility index (Phi) is 6.98. The molecule has 190 valence electrons. The molecule has 11 heteroatoms. The molecule has 5 rings (SSSR count). The quantitative estimate of drug-likeness (QED) is 0.516. The normalized spacial score (nSPS) is 18.7. The number of hydrazine groups is 1. The van der Waals surface area contributed by atoms with Crippen molar-refractivity contribution in [3.63, 3.8) is 0 Å². The minimum atomic E-state index is -3.81. The van der Waals surface area contributed by atoms with Crippen molar-refractivity contribution >= 4 is 16.1 Å². The zero-order chi connectivity index (χ0) is 25.3. The van der Waals surface area contributed by atoms with Crippen molar-refractivity contribution in [2.75, 3.05) is 26.3 Å². The molecule has 2 aromatic carbocycles. The molecular formula is C25H25F3N4O3S. The Bertz CT molecular complexity index is 1400. The van der Waals surface area contributed by atoms with Crippen LogP contribution in [0.15, 0.2) is 47.9 Å². The Hall–Kier alpha value is -2.99. The Balaban J connectivity index is 1.50. The number of morpholine rings is 1. The van der Waals surface area contributed by atoms with Crippen molar-refractivity contribution in [3.05, 3.63) is 87.8 Å². The number of rotatable bonds is 7. The Morgan fingerprint density at radius 1 is 1.08 bits per heavy atom. The molecule has 3 aromatic rings. The molecule has 0 saturated carbocycles. The lowest BCUT2D eigenvalue weighted by atomic mass is 9.97. The van der Waals surface area contributed by atoms with E-state index in [-0.39, 0.29) is 17.4 Å². The molecule has 2 heterocycles. The minimum absolute atomic E-state index is 0.0627. The molecule has 1 unspecified atom stereocenters. The van der Waals surface area contributed by atoms with Gasteiger partial charge >= 0.3 is 0 Å². The first kappa shape index (κ1) is 24.7. The molecule has 0 amide bonds. The van der Waals surface area contributed by atoms with E-state index in [9.17, 15) is 21.6 Å². The van der Waals surface area contributed by atoms with Gasteiger partial charge in [-0.15, -0.1) is 4.83 Å². The molecule has 36 heavy (non-hydrogen) atoms. The Labute approximate surface area is 207 Å². The van der Waals surface area contributed by atoms with Gasteiger partial charge in [0.2, 0.25) is 10.0 Å². The number of aromatic nitrogens is 2. The molecule has 7 nitrogen and oxygen atoms in total. The second-order valence-electron chi connectivity index (χ2n) is 8.86. The maximum absolute atomic E-state index is 14.8. The first-order valence-electron chi connectivity index (χ1n) is 11.6. The third-order valence-electron chi connectivity index (χ3n) is 6.37. The smallest absolute Gasteiger partial charge is 0.246 e. The summed E-state index contributed by atoms with van der Waals surface area (Å²) in [4.78, 5) is 2.50. The molecule has 1 atom stereocenters. The van der Waals surface area contributed by atoms with E-state index in [4.69, 9.17) is 4.74 Å². The maximum atomic E-state index is 14.8. The van der Waals surface area contributed by atoms with Crippen LogP contribution in [-0.2, 0) is 27.6 Å². The summed E-state index contributed by atoms with van der Waals surface area (Å²) in [6, 6.07) is 9.53. The first-order valence-corrected chi connectivity index (χ1v) is 13.2. The van der Waals surface area contributed by atoms with Crippen LogP contribution in [-0.4, -0.2) is 49.5 Å². The zero-order valence-corrected chi connectivity index (χ0v) is 20.1. The van der Waals surface area contributed by atoms with Crippen LogP contribution in [0.3, 0.4) is 0 Å². The van der Waals surface area contributed by atoms with E-state index in [0.717, 1.165) is 28.7 Å². The van der Waals surface area contributed by atoms with Gasteiger partial charge in [-0.25, -0.2) is 31.3 Å². The summed E-state index contributed by atoms with van der Waals surface area (Å²) in [5.74, 6) is -1.94. The van der Waals surface area contributed by atoms with Gasteiger partial charge < -0.3 is 4.74 Å². The van der Waals surface area contributed by atoms with Gasteiger partial charge in [0.15, 0.2) is 5.82 Å². The van der Waals surface area contributed by atoms with Crippen molar-refractivity contribution in [2.45, 2.75) is 25.2 Å². The molecule has 0 radical (unpaired) electrons. The molecule has 0 bridgehead atoms. The van der Waals surface area contributed by atoms with E-state index in [2.05, 4.69) is 9.93 Å². The topological polar surface area (TPSA) is 76.5 Å². The van der Waals surface area contributed by atoms with Gasteiger partial charge in [0, 0.05) is 36.0 Å². The van der Waals surface area contributed by atoms with E-state index < -0.39 is 21.7 Å². The molecule has 0 spiro atoms.